The van der Waals surface area contributed by atoms with Gasteiger partial charge in [-0.05, 0) is 37.1 Å². The Morgan fingerprint density at radius 3 is 2.56 bits per heavy atom. The van der Waals surface area contributed by atoms with Gasteiger partial charge in [0.2, 0.25) is 0 Å². The van der Waals surface area contributed by atoms with Crippen molar-refractivity contribution >= 4 is 5.97 Å². The number of nitrogens with two attached hydrogens (primary N) is 1. The van der Waals surface area contributed by atoms with E-state index in [-0.39, 0.29) is 6.04 Å². The Morgan fingerprint density at radius 1 is 1.33 bits per heavy atom. The topological polar surface area (TPSA) is 75.3 Å². The van der Waals surface area contributed by atoms with Crippen LogP contribution in [-0.4, -0.2) is 23.7 Å². The standard InChI is InChI=1S/C14H22N2O2/c1-2-3-13(15)8-9-16-10-11-4-6-12(7-5-11)14(17)18/h4-7,13,16H,2-3,8-10,15H2,1H3,(H,17,18). The Morgan fingerprint density at radius 2 is 2.00 bits per heavy atom. The third-order valence-electron chi connectivity index (χ3n) is 2.88. The molecule has 1 aromatic rings. The Labute approximate surface area is 108 Å². The molecule has 0 heterocycles. The van der Waals surface area contributed by atoms with Crippen LogP contribution in [0.3, 0.4) is 0 Å². The van der Waals surface area contributed by atoms with Crippen LogP contribution in [-0.2, 0) is 6.54 Å². The van der Waals surface area contributed by atoms with E-state index in [1.807, 2.05) is 12.1 Å². The molecule has 0 aliphatic carbocycles. The summed E-state index contributed by atoms with van der Waals surface area (Å²) in [7, 11) is 0. The Hall–Kier alpha value is -1.39. The number of carboxylic acids is 1. The molecule has 0 spiro atoms. The van der Waals surface area contributed by atoms with Crippen LogP contribution in [0.4, 0.5) is 0 Å². The van der Waals surface area contributed by atoms with Crippen molar-refractivity contribution in [3.8, 4) is 0 Å². The van der Waals surface area contributed by atoms with E-state index in [9.17, 15) is 4.79 Å². The summed E-state index contributed by atoms with van der Waals surface area (Å²) in [5.74, 6) is -0.889. The van der Waals surface area contributed by atoms with E-state index >= 15 is 0 Å². The van der Waals surface area contributed by atoms with Crippen molar-refractivity contribution < 1.29 is 9.90 Å². The molecule has 4 nitrogen and oxygen atoms in total. The lowest BCUT2D eigenvalue weighted by Crippen LogP contribution is -2.26. The van der Waals surface area contributed by atoms with Crippen molar-refractivity contribution in [2.75, 3.05) is 6.54 Å². The van der Waals surface area contributed by atoms with E-state index in [0.29, 0.717) is 5.56 Å². The van der Waals surface area contributed by atoms with Gasteiger partial charge < -0.3 is 16.2 Å². The summed E-state index contributed by atoms with van der Waals surface area (Å²) in [5, 5.41) is 12.1. The van der Waals surface area contributed by atoms with Gasteiger partial charge in [0.05, 0.1) is 5.56 Å². The van der Waals surface area contributed by atoms with Crippen molar-refractivity contribution in [3.63, 3.8) is 0 Å². The molecule has 1 unspecified atom stereocenters. The molecular weight excluding hydrogens is 228 g/mol. The predicted molar refractivity (Wildman–Crippen MR) is 72.6 cm³/mol. The highest BCUT2D eigenvalue weighted by Gasteiger charge is 2.02. The molecule has 0 aliphatic heterocycles. The zero-order valence-corrected chi connectivity index (χ0v) is 10.9. The second kappa shape index (κ2) is 7.84. The van der Waals surface area contributed by atoms with Gasteiger partial charge in [-0.15, -0.1) is 0 Å². The summed E-state index contributed by atoms with van der Waals surface area (Å²) < 4.78 is 0. The summed E-state index contributed by atoms with van der Waals surface area (Å²) in [4.78, 5) is 10.7. The molecule has 18 heavy (non-hydrogen) atoms. The van der Waals surface area contributed by atoms with Crippen LogP contribution >= 0.6 is 0 Å². The molecule has 0 radical (unpaired) electrons. The summed E-state index contributed by atoms with van der Waals surface area (Å²) in [6.45, 7) is 3.78. The van der Waals surface area contributed by atoms with Crippen molar-refractivity contribution in [1.82, 2.24) is 5.32 Å². The maximum atomic E-state index is 10.7. The van der Waals surface area contributed by atoms with Gasteiger partial charge in [0, 0.05) is 12.6 Å². The molecule has 4 N–H and O–H groups in total. The van der Waals surface area contributed by atoms with E-state index in [0.717, 1.165) is 37.9 Å². The lowest BCUT2D eigenvalue weighted by atomic mass is 10.1. The molecule has 0 fully saturated rings. The lowest BCUT2D eigenvalue weighted by molar-refractivity contribution is 0.0697. The van der Waals surface area contributed by atoms with Crippen LogP contribution in [0.25, 0.3) is 0 Å². The highest BCUT2D eigenvalue weighted by atomic mass is 16.4. The molecule has 0 aromatic heterocycles. The van der Waals surface area contributed by atoms with Gasteiger partial charge in [-0.1, -0.05) is 25.5 Å². The summed E-state index contributed by atoms with van der Waals surface area (Å²) in [6, 6.07) is 7.20. The average Bonchev–Trinajstić information content (AvgIpc) is 2.35. The van der Waals surface area contributed by atoms with Gasteiger partial charge >= 0.3 is 5.97 Å². The molecule has 1 aromatic carbocycles. The number of benzene rings is 1. The minimum absolute atomic E-state index is 0.275. The number of hydrogen-bond acceptors (Lipinski definition) is 3. The van der Waals surface area contributed by atoms with Gasteiger partial charge in [-0.3, -0.25) is 0 Å². The SMILES string of the molecule is CCCC(N)CCNCc1ccc(C(=O)O)cc1. The van der Waals surface area contributed by atoms with Gasteiger partial charge in [0.25, 0.3) is 0 Å². The predicted octanol–water partition coefficient (Wildman–Crippen LogP) is 1.99. The van der Waals surface area contributed by atoms with Crippen molar-refractivity contribution in [2.24, 2.45) is 5.73 Å². The molecule has 0 bridgehead atoms. The molecule has 0 saturated carbocycles. The monoisotopic (exact) mass is 250 g/mol. The van der Waals surface area contributed by atoms with Crippen LogP contribution in [0.5, 0.6) is 0 Å². The van der Waals surface area contributed by atoms with Crippen LogP contribution in [0.1, 0.15) is 42.1 Å². The van der Waals surface area contributed by atoms with E-state index < -0.39 is 5.97 Å². The van der Waals surface area contributed by atoms with Crippen molar-refractivity contribution in [2.45, 2.75) is 38.8 Å². The van der Waals surface area contributed by atoms with Crippen molar-refractivity contribution in [3.05, 3.63) is 35.4 Å². The van der Waals surface area contributed by atoms with Gasteiger partial charge in [-0.25, -0.2) is 4.79 Å². The molecule has 4 heteroatoms. The minimum atomic E-state index is -0.889. The fourth-order valence-electron chi connectivity index (χ4n) is 1.80. The normalized spacial score (nSPS) is 12.3. The average molecular weight is 250 g/mol. The number of rotatable bonds is 8. The Kier molecular flexibility index (Phi) is 6.39. The van der Waals surface area contributed by atoms with Gasteiger partial charge in [0.15, 0.2) is 0 Å². The zero-order chi connectivity index (χ0) is 13.4. The van der Waals surface area contributed by atoms with E-state index in [1.165, 1.54) is 0 Å². The first-order chi connectivity index (χ1) is 8.63. The summed E-state index contributed by atoms with van der Waals surface area (Å²) >= 11 is 0. The van der Waals surface area contributed by atoms with E-state index in [1.54, 1.807) is 12.1 Å². The first-order valence-electron chi connectivity index (χ1n) is 6.42. The first-order valence-corrected chi connectivity index (χ1v) is 6.42. The molecule has 100 valence electrons. The highest BCUT2D eigenvalue weighted by molar-refractivity contribution is 5.87. The first kappa shape index (κ1) is 14.7. The third kappa shape index (κ3) is 5.29. The molecule has 1 atom stereocenters. The fourth-order valence-corrected chi connectivity index (χ4v) is 1.80. The molecule has 0 saturated heterocycles. The summed E-state index contributed by atoms with van der Waals surface area (Å²) in [6.07, 6.45) is 3.16. The van der Waals surface area contributed by atoms with Crippen LogP contribution in [0.15, 0.2) is 24.3 Å². The smallest absolute Gasteiger partial charge is 0.335 e. The second-order valence-corrected chi connectivity index (χ2v) is 4.52. The number of nitrogens with one attached hydrogen (secondary N) is 1. The van der Waals surface area contributed by atoms with Crippen LogP contribution < -0.4 is 11.1 Å². The number of hydrogen-bond donors (Lipinski definition) is 3. The molecular formula is C14H22N2O2. The second-order valence-electron chi connectivity index (χ2n) is 4.52. The quantitative estimate of drug-likeness (QED) is 0.617. The number of aromatic carboxylic acids is 1. The molecule has 0 aliphatic rings. The fraction of sp³-hybridized carbons (Fsp3) is 0.500. The largest absolute Gasteiger partial charge is 0.478 e. The maximum absolute atomic E-state index is 10.7. The molecule has 1 rings (SSSR count). The van der Waals surface area contributed by atoms with Gasteiger partial charge in [-0.2, -0.15) is 0 Å². The summed E-state index contributed by atoms with van der Waals surface area (Å²) in [5.41, 5.74) is 7.32. The zero-order valence-electron chi connectivity index (χ0n) is 10.9. The third-order valence-corrected chi connectivity index (χ3v) is 2.88. The van der Waals surface area contributed by atoms with Crippen LogP contribution in [0, 0.1) is 0 Å². The van der Waals surface area contributed by atoms with E-state index in [4.69, 9.17) is 10.8 Å². The minimum Gasteiger partial charge on any atom is -0.478 e. The Balaban J connectivity index is 2.25. The maximum Gasteiger partial charge on any atom is 0.335 e. The van der Waals surface area contributed by atoms with Gasteiger partial charge in [0.1, 0.15) is 0 Å². The number of carbonyl (C=O) groups is 1. The number of carboxylic acid groups (broad SMARTS) is 1. The van der Waals surface area contributed by atoms with Crippen molar-refractivity contribution in [1.29, 1.82) is 0 Å². The van der Waals surface area contributed by atoms with Crippen LogP contribution in [0.2, 0.25) is 0 Å². The lowest BCUT2D eigenvalue weighted by Gasteiger charge is -2.10. The van der Waals surface area contributed by atoms with E-state index in [2.05, 4.69) is 12.2 Å². The molecule has 0 amide bonds. The Bertz CT molecular complexity index is 363. The highest BCUT2D eigenvalue weighted by Crippen LogP contribution is 2.04.